The number of rotatable bonds is 7. The van der Waals surface area contributed by atoms with Gasteiger partial charge in [0.15, 0.2) is 17.3 Å². The normalized spacial score (nSPS) is 25.1. The first kappa shape index (κ1) is 40.8. The number of aromatic carboxylic acids is 1. The Bertz CT molecular complexity index is 2560. The summed E-state index contributed by atoms with van der Waals surface area (Å²) in [6, 6.07) is 13.7. The maximum Gasteiger partial charge on any atom is 0.417 e. The van der Waals surface area contributed by atoms with E-state index < -0.39 is 87.2 Å². The monoisotopic (exact) mass is 976 g/mol. The van der Waals surface area contributed by atoms with Gasteiger partial charge in [0.25, 0.3) is 11.8 Å². The summed E-state index contributed by atoms with van der Waals surface area (Å²) in [5.74, 6) is -10.2. The lowest BCUT2D eigenvalue weighted by molar-refractivity contribution is -0.139. The molecule has 2 saturated heterocycles. The molecule has 0 radical (unpaired) electrons. The summed E-state index contributed by atoms with van der Waals surface area (Å²) < 4.78 is 46.6. The number of halogens is 7. The van der Waals surface area contributed by atoms with Crippen molar-refractivity contribution in [3.63, 3.8) is 0 Å². The minimum absolute atomic E-state index is 0.0154. The number of nitrogens with zero attached hydrogens (tertiary/aromatic N) is 3. The number of amides is 4. The van der Waals surface area contributed by atoms with Crippen LogP contribution in [0.25, 0.3) is 0 Å². The fourth-order valence-corrected chi connectivity index (χ4v) is 10.4. The van der Waals surface area contributed by atoms with Gasteiger partial charge in [-0.2, -0.15) is 18.2 Å². The van der Waals surface area contributed by atoms with Crippen LogP contribution >= 0.6 is 55.1 Å². The SMILES string of the molecule is COc1cc([C@H]2C3=CC[C@@H]4C(=O)N(c5cccc(C(=O)O)c5)C(=O)[C@@H]4[C@@H]3C[C@H]3C(=O)N(Nc4ncc(C(F)(F)F)cc4Cl)C(=O)[C@@]23c2ccc(Cl)cc2)c(Br)c(Br)c1O. The van der Waals surface area contributed by atoms with E-state index in [1.807, 2.05) is 0 Å². The third-order valence-corrected chi connectivity index (χ3v) is 14.3. The fourth-order valence-electron chi connectivity index (χ4n) is 9.14. The molecule has 2 aliphatic carbocycles. The van der Waals surface area contributed by atoms with E-state index in [1.54, 1.807) is 18.2 Å². The number of phenols is 1. The van der Waals surface area contributed by atoms with Crippen molar-refractivity contribution < 1.29 is 52.1 Å². The van der Waals surface area contributed by atoms with E-state index in [2.05, 4.69) is 42.3 Å². The van der Waals surface area contributed by atoms with Crippen molar-refractivity contribution in [2.75, 3.05) is 17.4 Å². The number of allylic oxidation sites excluding steroid dienone is 2. The average Bonchev–Trinajstić information content (AvgIpc) is 3.58. The molecule has 0 spiro atoms. The summed E-state index contributed by atoms with van der Waals surface area (Å²) in [7, 11) is 1.32. The predicted octanol–water partition coefficient (Wildman–Crippen LogP) is 8.53. The number of alkyl halides is 3. The van der Waals surface area contributed by atoms with Gasteiger partial charge in [-0.15, -0.1) is 0 Å². The van der Waals surface area contributed by atoms with Gasteiger partial charge in [0.05, 0.1) is 56.6 Å². The number of hydrogen-bond acceptors (Lipinski definition) is 9. The summed E-state index contributed by atoms with van der Waals surface area (Å²) in [4.78, 5) is 75.8. The van der Waals surface area contributed by atoms with Crippen molar-refractivity contribution in [1.29, 1.82) is 0 Å². The number of ether oxygens (including phenoxy) is 1. The molecule has 59 heavy (non-hydrogen) atoms. The Balaban J connectivity index is 1.34. The van der Waals surface area contributed by atoms with Crippen molar-refractivity contribution in [2.45, 2.75) is 30.4 Å². The highest BCUT2D eigenvalue weighted by atomic mass is 79.9. The zero-order valence-corrected chi connectivity index (χ0v) is 34.7. The Morgan fingerprint density at radius 2 is 1.69 bits per heavy atom. The number of phenolic OH excluding ortho intramolecular Hbond substituents is 1. The number of aromatic hydroxyl groups is 1. The summed E-state index contributed by atoms with van der Waals surface area (Å²) in [6.07, 6.45) is -2.66. The second kappa shape index (κ2) is 14.6. The number of hydrogen-bond donors (Lipinski definition) is 3. The van der Waals surface area contributed by atoms with Crippen molar-refractivity contribution in [1.82, 2.24) is 9.99 Å². The van der Waals surface area contributed by atoms with Crippen molar-refractivity contribution in [3.05, 3.63) is 120 Å². The van der Waals surface area contributed by atoms with Crippen LogP contribution in [-0.2, 0) is 30.8 Å². The molecule has 1 saturated carbocycles. The lowest BCUT2D eigenvalue weighted by Crippen LogP contribution is -2.53. The topological polar surface area (TPSA) is 166 Å². The van der Waals surface area contributed by atoms with Crippen LogP contribution in [0.1, 0.15) is 45.8 Å². The summed E-state index contributed by atoms with van der Waals surface area (Å²) in [5.41, 5.74) is 0.585. The second-order valence-corrected chi connectivity index (χ2v) is 16.9. The number of imide groups is 2. The molecule has 3 fully saturated rings. The number of carbonyl (C=O) groups is 5. The molecule has 19 heteroatoms. The average molecular weight is 979 g/mol. The molecule has 1 aromatic heterocycles. The van der Waals surface area contributed by atoms with Crippen LogP contribution in [-0.4, -0.2) is 56.9 Å². The molecule has 4 aliphatic rings. The van der Waals surface area contributed by atoms with E-state index >= 15 is 4.79 Å². The number of nitrogens with one attached hydrogen (secondary N) is 1. The Hall–Kier alpha value is -4.97. The number of carboxylic acids is 1. The number of carbonyl (C=O) groups excluding carboxylic acids is 4. The molecule has 304 valence electrons. The van der Waals surface area contributed by atoms with Crippen molar-refractivity contribution >= 4 is 96.2 Å². The molecular formula is C40H27Br2Cl2F3N4O8. The number of hydrazine groups is 1. The van der Waals surface area contributed by atoms with Crippen LogP contribution in [0.5, 0.6) is 11.5 Å². The number of anilines is 2. The zero-order chi connectivity index (χ0) is 42.5. The maximum atomic E-state index is 15.5. The number of carboxylic acid groups (broad SMARTS) is 1. The van der Waals surface area contributed by atoms with E-state index in [4.69, 9.17) is 27.9 Å². The minimum atomic E-state index is -4.79. The Labute approximate surface area is 359 Å². The van der Waals surface area contributed by atoms with Gasteiger partial charge in [-0.1, -0.05) is 53.1 Å². The standard InChI is InChI=1S/C40H27Br2Cl2F3N4O8/c1-59-27-14-24(30(41)31(42)32(27)52)29-21-9-10-22-28(36(55)50(34(22)53)20-4-2-3-16(11-20)37(56)57)23(21)13-25-35(54)51(38(58)39(25,29)17-5-7-19(43)8-6-17)49-33-26(44)12-18(15-48-33)40(45,46)47/h2-9,11-12,14-15,22-23,25,28-29,52H,10,13H2,1H3,(H,48,49)(H,56,57)/t22-,23+,25-,28-,29+,39+/m0/s1. The van der Waals surface area contributed by atoms with Crippen molar-refractivity contribution in [3.8, 4) is 11.5 Å². The van der Waals surface area contributed by atoms with Crippen LogP contribution in [0.3, 0.4) is 0 Å². The van der Waals surface area contributed by atoms with Gasteiger partial charge in [0.2, 0.25) is 11.8 Å². The molecule has 0 bridgehead atoms. The molecule has 12 nitrogen and oxygen atoms in total. The van der Waals surface area contributed by atoms with Gasteiger partial charge in [-0.25, -0.2) is 9.78 Å². The highest BCUT2D eigenvalue weighted by Crippen LogP contribution is 2.66. The molecule has 3 N–H and O–H groups in total. The fraction of sp³-hybridized carbons (Fsp3) is 0.250. The summed E-state index contributed by atoms with van der Waals surface area (Å²) in [5, 5.41) is 21.1. The van der Waals surface area contributed by atoms with Gasteiger partial charge >= 0.3 is 12.1 Å². The van der Waals surface area contributed by atoms with E-state index in [-0.39, 0.29) is 44.5 Å². The second-order valence-electron chi connectivity index (χ2n) is 14.4. The predicted molar refractivity (Wildman–Crippen MR) is 213 cm³/mol. The number of aromatic nitrogens is 1. The molecule has 3 aromatic carbocycles. The molecule has 0 unspecified atom stereocenters. The quantitative estimate of drug-likeness (QED) is 0.121. The van der Waals surface area contributed by atoms with E-state index in [9.17, 15) is 42.6 Å². The van der Waals surface area contributed by atoms with Crippen LogP contribution in [0.15, 0.2) is 87.5 Å². The van der Waals surface area contributed by atoms with Crippen LogP contribution in [0.2, 0.25) is 10.0 Å². The summed E-state index contributed by atoms with van der Waals surface area (Å²) in [6.45, 7) is 0. The third-order valence-electron chi connectivity index (χ3n) is 11.6. The largest absolute Gasteiger partial charge is 0.503 e. The lowest BCUT2D eigenvalue weighted by atomic mass is 9.49. The van der Waals surface area contributed by atoms with Gasteiger partial charge in [-0.05, 0) is 104 Å². The van der Waals surface area contributed by atoms with Crippen LogP contribution < -0.4 is 15.1 Å². The third kappa shape index (κ3) is 6.22. The lowest BCUT2D eigenvalue weighted by Gasteiger charge is -2.51. The van der Waals surface area contributed by atoms with Gasteiger partial charge in [0, 0.05) is 21.6 Å². The molecule has 6 atom stereocenters. The number of benzene rings is 3. The van der Waals surface area contributed by atoms with Gasteiger partial charge in [-0.3, -0.25) is 29.5 Å². The first-order chi connectivity index (χ1) is 27.9. The van der Waals surface area contributed by atoms with E-state index in [0.717, 1.165) is 4.90 Å². The first-order valence-electron chi connectivity index (χ1n) is 17.7. The first-order valence-corrected chi connectivity index (χ1v) is 20.1. The smallest absolute Gasteiger partial charge is 0.417 e. The number of fused-ring (bicyclic) bond motifs is 4. The molecule has 4 amide bonds. The van der Waals surface area contributed by atoms with Gasteiger partial charge < -0.3 is 14.9 Å². The Kier molecular flexibility index (Phi) is 10.1. The Morgan fingerprint density at radius 1 is 0.983 bits per heavy atom. The highest BCUT2D eigenvalue weighted by molar-refractivity contribution is 9.13. The highest BCUT2D eigenvalue weighted by Gasteiger charge is 2.71. The molecule has 4 aromatic rings. The zero-order valence-electron chi connectivity index (χ0n) is 30.1. The molecular weight excluding hydrogens is 952 g/mol. The van der Waals surface area contributed by atoms with Gasteiger partial charge in [0.1, 0.15) is 0 Å². The molecule has 8 rings (SSSR count). The maximum absolute atomic E-state index is 15.5. The van der Waals surface area contributed by atoms with Crippen LogP contribution in [0, 0.1) is 23.7 Å². The molecule has 2 aliphatic heterocycles. The number of pyridine rings is 1. The minimum Gasteiger partial charge on any atom is -0.503 e. The van der Waals surface area contributed by atoms with E-state index in [0.29, 0.717) is 39.0 Å². The van der Waals surface area contributed by atoms with Crippen LogP contribution in [0.4, 0.5) is 24.7 Å². The Morgan fingerprint density at radius 3 is 2.34 bits per heavy atom. The molecule has 3 heterocycles. The number of methoxy groups -OCH3 is 1. The summed E-state index contributed by atoms with van der Waals surface area (Å²) >= 11 is 19.6. The van der Waals surface area contributed by atoms with E-state index in [1.165, 1.54) is 49.6 Å². The van der Waals surface area contributed by atoms with Crippen molar-refractivity contribution in [2.24, 2.45) is 23.7 Å².